The molecule has 0 radical (unpaired) electrons. The maximum atomic E-state index is 12.9. The Morgan fingerprint density at radius 2 is 1.85 bits per heavy atom. The van der Waals surface area contributed by atoms with Crippen LogP contribution in [0.4, 0.5) is 17.6 Å². The molecule has 0 saturated carbocycles. The summed E-state index contributed by atoms with van der Waals surface area (Å²) in [6.45, 7) is 1.97. The molecule has 0 bridgehead atoms. The minimum atomic E-state index is -4.51. The Hall–Kier alpha value is -1.01. The molecule has 0 spiro atoms. The molecule has 0 saturated heterocycles. The quantitative estimate of drug-likeness (QED) is 0.750. The molecule has 1 atom stereocenters. The van der Waals surface area contributed by atoms with E-state index >= 15 is 0 Å². The van der Waals surface area contributed by atoms with Gasteiger partial charge in [0.15, 0.2) is 0 Å². The molecule has 0 amide bonds. The van der Waals surface area contributed by atoms with Crippen molar-refractivity contribution in [3.05, 3.63) is 29.8 Å². The fourth-order valence-corrected chi connectivity index (χ4v) is 1.65. The lowest BCUT2D eigenvalue weighted by Crippen LogP contribution is -2.34. The van der Waals surface area contributed by atoms with E-state index in [-0.39, 0.29) is 18.2 Å². The van der Waals surface area contributed by atoms with E-state index in [4.69, 9.17) is 5.73 Å². The number of halogens is 5. The smallest absolute Gasteiger partial charge is 0.428 e. The summed E-state index contributed by atoms with van der Waals surface area (Å²) in [5.41, 5.74) is 6.18. The highest BCUT2D eigenvalue weighted by molar-refractivity contribution is 5.85. The van der Waals surface area contributed by atoms with E-state index < -0.39 is 18.6 Å². The van der Waals surface area contributed by atoms with E-state index in [1.165, 1.54) is 18.2 Å². The van der Waals surface area contributed by atoms with Gasteiger partial charge in [-0.15, -0.1) is 12.4 Å². The Balaban J connectivity index is 0.00000361. The summed E-state index contributed by atoms with van der Waals surface area (Å²) in [6, 6.07) is 5.26. The standard InChI is InChI=1S/C13H17F4NO.ClH/c1-2-3-7-10(18)9-6-4-5-8-11(9)19-13(16,17)12(14)15;/h4-6,8,10,12H,2-3,7,18H2,1H3;1H/t10-;/m1./s1. The van der Waals surface area contributed by atoms with E-state index in [1.54, 1.807) is 6.07 Å². The molecule has 116 valence electrons. The lowest BCUT2D eigenvalue weighted by Gasteiger charge is -2.21. The molecular formula is C13H18ClF4NO. The van der Waals surface area contributed by atoms with Crippen LogP contribution in [0, 0.1) is 0 Å². The molecule has 1 rings (SSSR count). The van der Waals surface area contributed by atoms with E-state index in [2.05, 4.69) is 4.74 Å². The Labute approximate surface area is 121 Å². The van der Waals surface area contributed by atoms with Crippen LogP contribution in [-0.2, 0) is 0 Å². The molecule has 0 heterocycles. The molecule has 0 aromatic heterocycles. The van der Waals surface area contributed by atoms with Crippen LogP contribution < -0.4 is 10.5 Å². The molecule has 2 N–H and O–H groups in total. The number of nitrogens with two attached hydrogens (primary N) is 1. The van der Waals surface area contributed by atoms with Crippen LogP contribution in [0.15, 0.2) is 24.3 Å². The summed E-state index contributed by atoms with van der Waals surface area (Å²) in [5.74, 6) is -0.295. The number of para-hydroxylation sites is 1. The molecular weight excluding hydrogens is 298 g/mol. The first kappa shape index (κ1) is 19.0. The molecule has 0 aliphatic carbocycles. The zero-order valence-corrected chi connectivity index (χ0v) is 11.8. The highest BCUT2D eigenvalue weighted by atomic mass is 35.5. The second-order valence-corrected chi connectivity index (χ2v) is 4.25. The summed E-state index contributed by atoms with van der Waals surface area (Å²) in [6.07, 6.45) is -6.09. The van der Waals surface area contributed by atoms with E-state index in [0.717, 1.165) is 12.8 Å². The van der Waals surface area contributed by atoms with Gasteiger partial charge < -0.3 is 10.5 Å². The van der Waals surface area contributed by atoms with Gasteiger partial charge in [0.2, 0.25) is 0 Å². The van der Waals surface area contributed by atoms with E-state index in [1.807, 2.05) is 6.92 Å². The predicted molar refractivity (Wildman–Crippen MR) is 71.7 cm³/mol. The van der Waals surface area contributed by atoms with Crippen molar-refractivity contribution >= 4 is 12.4 Å². The zero-order chi connectivity index (χ0) is 14.5. The number of unbranched alkanes of at least 4 members (excludes halogenated alkanes) is 1. The van der Waals surface area contributed by atoms with Gasteiger partial charge in [-0.1, -0.05) is 38.0 Å². The average molecular weight is 316 g/mol. The first-order valence-electron chi connectivity index (χ1n) is 6.08. The van der Waals surface area contributed by atoms with Crippen molar-refractivity contribution in [1.29, 1.82) is 0 Å². The van der Waals surface area contributed by atoms with Crippen LogP contribution >= 0.6 is 12.4 Å². The van der Waals surface area contributed by atoms with Crippen molar-refractivity contribution in [3.8, 4) is 5.75 Å². The molecule has 1 aromatic rings. The molecule has 0 aliphatic heterocycles. The summed E-state index contributed by atoms with van der Waals surface area (Å²) in [5, 5.41) is 0. The minimum Gasteiger partial charge on any atom is -0.428 e. The van der Waals surface area contributed by atoms with Gasteiger partial charge in [-0.3, -0.25) is 0 Å². The largest absolute Gasteiger partial charge is 0.461 e. The summed E-state index contributed by atoms with van der Waals surface area (Å²) in [7, 11) is 0. The third-order valence-corrected chi connectivity index (χ3v) is 2.69. The maximum Gasteiger partial charge on any atom is 0.461 e. The van der Waals surface area contributed by atoms with Crippen LogP contribution in [0.3, 0.4) is 0 Å². The number of alkyl halides is 4. The first-order valence-corrected chi connectivity index (χ1v) is 6.08. The van der Waals surface area contributed by atoms with Crippen molar-refractivity contribution in [3.63, 3.8) is 0 Å². The Kier molecular flexibility index (Phi) is 7.90. The Morgan fingerprint density at radius 1 is 1.25 bits per heavy atom. The van der Waals surface area contributed by atoms with E-state index in [0.29, 0.717) is 12.0 Å². The number of hydrogen-bond acceptors (Lipinski definition) is 2. The minimum absolute atomic E-state index is 0. The second kappa shape index (κ2) is 8.32. The van der Waals surface area contributed by atoms with Gasteiger partial charge in [-0.25, -0.2) is 0 Å². The lowest BCUT2D eigenvalue weighted by atomic mass is 10.0. The van der Waals surface area contributed by atoms with Gasteiger partial charge in [0.05, 0.1) is 0 Å². The summed E-state index contributed by atoms with van der Waals surface area (Å²) >= 11 is 0. The van der Waals surface area contributed by atoms with Crippen molar-refractivity contribution < 1.29 is 22.3 Å². The van der Waals surface area contributed by atoms with Gasteiger partial charge in [0.1, 0.15) is 5.75 Å². The van der Waals surface area contributed by atoms with Crippen LogP contribution in [0.1, 0.15) is 37.8 Å². The van der Waals surface area contributed by atoms with Crippen LogP contribution in [0.5, 0.6) is 5.75 Å². The number of rotatable bonds is 7. The highest BCUT2D eigenvalue weighted by Crippen LogP contribution is 2.33. The topological polar surface area (TPSA) is 35.2 Å². The number of ether oxygens (including phenoxy) is 1. The normalized spacial score (nSPS) is 12.9. The lowest BCUT2D eigenvalue weighted by molar-refractivity contribution is -0.253. The number of hydrogen-bond donors (Lipinski definition) is 1. The molecule has 1 aromatic carbocycles. The molecule has 0 unspecified atom stereocenters. The van der Waals surface area contributed by atoms with E-state index in [9.17, 15) is 17.6 Å². The van der Waals surface area contributed by atoms with Crippen molar-refractivity contribution in [2.24, 2.45) is 5.73 Å². The third-order valence-electron chi connectivity index (χ3n) is 2.69. The van der Waals surface area contributed by atoms with Gasteiger partial charge in [-0.05, 0) is 12.5 Å². The monoisotopic (exact) mass is 315 g/mol. The average Bonchev–Trinajstić information content (AvgIpc) is 2.36. The van der Waals surface area contributed by atoms with Gasteiger partial charge in [0.25, 0.3) is 0 Å². The van der Waals surface area contributed by atoms with Crippen molar-refractivity contribution in [2.75, 3.05) is 0 Å². The highest BCUT2D eigenvalue weighted by Gasteiger charge is 2.44. The summed E-state index contributed by atoms with van der Waals surface area (Å²) < 4.78 is 54.2. The van der Waals surface area contributed by atoms with Crippen LogP contribution in [0.25, 0.3) is 0 Å². The van der Waals surface area contributed by atoms with Crippen LogP contribution in [0.2, 0.25) is 0 Å². The zero-order valence-electron chi connectivity index (χ0n) is 11.0. The van der Waals surface area contributed by atoms with Crippen LogP contribution in [-0.4, -0.2) is 12.5 Å². The fraction of sp³-hybridized carbons (Fsp3) is 0.538. The molecule has 0 fully saturated rings. The third kappa shape index (κ3) is 5.17. The fourth-order valence-electron chi connectivity index (χ4n) is 1.65. The van der Waals surface area contributed by atoms with Gasteiger partial charge in [-0.2, -0.15) is 17.6 Å². The van der Waals surface area contributed by atoms with Gasteiger partial charge >= 0.3 is 12.5 Å². The Bertz CT molecular complexity index is 404. The molecule has 7 heteroatoms. The summed E-state index contributed by atoms with van der Waals surface area (Å²) in [4.78, 5) is 0. The predicted octanol–water partition coefficient (Wildman–Crippen LogP) is 4.54. The molecule has 20 heavy (non-hydrogen) atoms. The molecule has 0 aliphatic rings. The van der Waals surface area contributed by atoms with Crippen molar-refractivity contribution in [1.82, 2.24) is 0 Å². The molecule has 2 nitrogen and oxygen atoms in total. The SMILES string of the molecule is CCCC[C@@H](N)c1ccccc1OC(F)(F)C(F)F.Cl. The second-order valence-electron chi connectivity index (χ2n) is 4.25. The first-order chi connectivity index (χ1) is 8.88. The Morgan fingerprint density at radius 3 is 2.40 bits per heavy atom. The number of benzene rings is 1. The maximum absolute atomic E-state index is 12.9. The van der Waals surface area contributed by atoms with Gasteiger partial charge in [0, 0.05) is 11.6 Å². The van der Waals surface area contributed by atoms with Crippen molar-refractivity contribution in [2.45, 2.75) is 44.8 Å².